The van der Waals surface area contributed by atoms with Gasteiger partial charge in [0.25, 0.3) is 0 Å². The molecule has 2 amide bonds. The van der Waals surface area contributed by atoms with Gasteiger partial charge in [-0.15, -0.1) is 0 Å². The number of amides is 2. The van der Waals surface area contributed by atoms with Gasteiger partial charge in [-0.2, -0.15) is 0 Å². The normalized spacial score (nSPS) is 20.7. The molecule has 1 rings (SSSR count). The summed E-state index contributed by atoms with van der Waals surface area (Å²) in [4.78, 5) is 24.9. The molecule has 92 valence electrons. The fraction of sp³-hybridized carbons (Fsp3) is 0.833. The van der Waals surface area contributed by atoms with Gasteiger partial charge in [0, 0.05) is 12.8 Å². The van der Waals surface area contributed by atoms with Crippen LogP contribution < -0.4 is 0 Å². The van der Waals surface area contributed by atoms with Crippen molar-refractivity contribution in [2.24, 2.45) is 11.8 Å². The minimum absolute atomic E-state index is 0.134. The third-order valence-electron chi connectivity index (χ3n) is 2.90. The number of aliphatic hydroxyl groups excluding tert-OH is 1. The van der Waals surface area contributed by atoms with Crippen LogP contribution in [0.1, 0.15) is 40.0 Å². The highest BCUT2D eigenvalue weighted by Gasteiger charge is 2.35. The van der Waals surface area contributed by atoms with E-state index in [1.807, 2.05) is 20.8 Å². The average molecular weight is 227 g/mol. The second-order valence-electron chi connectivity index (χ2n) is 5.14. The summed E-state index contributed by atoms with van der Waals surface area (Å²) in [5, 5.41) is 9.28. The Bertz CT molecular complexity index is 257. The fourth-order valence-corrected chi connectivity index (χ4v) is 2.22. The number of aliphatic hydroxyl groups is 1. The van der Waals surface area contributed by atoms with E-state index in [2.05, 4.69) is 0 Å². The number of rotatable bonds is 4. The summed E-state index contributed by atoms with van der Waals surface area (Å²) in [5.41, 5.74) is 0. The van der Waals surface area contributed by atoms with Gasteiger partial charge in [-0.05, 0) is 18.3 Å². The summed E-state index contributed by atoms with van der Waals surface area (Å²) >= 11 is 0. The SMILES string of the molecule is CC(C)CC(CO)N1C(=O)CC(C)CC1=O. The number of piperidine rings is 1. The molecule has 0 aromatic rings. The second-order valence-corrected chi connectivity index (χ2v) is 5.14. The van der Waals surface area contributed by atoms with Gasteiger partial charge in [0.05, 0.1) is 12.6 Å². The molecule has 0 saturated carbocycles. The molecule has 1 fully saturated rings. The molecule has 0 aromatic heterocycles. The van der Waals surface area contributed by atoms with Crippen molar-refractivity contribution in [3.63, 3.8) is 0 Å². The standard InChI is InChI=1S/C12H21NO3/c1-8(2)4-10(7-14)13-11(15)5-9(3)6-12(13)16/h8-10,14H,4-7H2,1-3H3. The van der Waals surface area contributed by atoms with Gasteiger partial charge in [-0.25, -0.2) is 0 Å². The Hall–Kier alpha value is -0.900. The summed E-state index contributed by atoms with van der Waals surface area (Å²) in [6, 6.07) is -0.340. The topological polar surface area (TPSA) is 57.6 Å². The highest BCUT2D eigenvalue weighted by molar-refractivity contribution is 5.98. The molecule has 1 heterocycles. The molecular weight excluding hydrogens is 206 g/mol. The van der Waals surface area contributed by atoms with E-state index in [9.17, 15) is 14.7 Å². The molecule has 1 saturated heterocycles. The van der Waals surface area contributed by atoms with E-state index < -0.39 is 0 Å². The van der Waals surface area contributed by atoms with Gasteiger partial charge in [0.1, 0.15) is 0 Å². The van der Waals surface area contributed by atoms with Crippen LogP contribution in [0.5, 0.6) is 0 Å². The van der Waals surface area contributed by atoms with Crippen molar-refractivity contribution in [1.29, 1.82) is 0 Å². The number of likely N-dealkylation sites (tertiary alicyclic amines) is 1. The largest absolute Gasteiger partial charge is 0.394 e. The average Bonchev–Trinajstić information content (AvgIpc) is 2.13. The lowest BCUT2D eigenvalue weighted by atomic mass is 9.94. The van der Waals surface area contributed by atoms with E-state index in [1.165, 1.54) is 4.90 Å². The number of nitrogens with zero attached hydrogens (tertiary/aromatic N) is 1. The lowest BCUT2D eigenvalue weighted by Gasteiger charge is -2.34. The molecule has 1 N–H and O–H groups in total. The Labute approximate surface area is 96.6 Å². The Morgan fingerprint density at radius 2 is 1.81 bits per heavy atom. The first-order valence-electron chi connectivity index (χ1n) is 5.91. The summed E-state index contributed by atoms with van der Waals surface area (Å²) in [6.07, 6.45) is 1.50. The van der Waals surface area contributed by atoms with Crippen LogP contribution in [0, 0.1) is 11.8 Å². The number of imide groups is 1. The molecule has 0 aliphatic carbocycles. The van der Waals surface area contributed by atoms with Gasteiger partial charge >= 0.3 is 0 Å². The highest BCUT2D eigenvalue weighted by Crippen LogP contribution is 2.23. The molecule has 1 atom stereocenters. The fourth-order valence-electron chi connectivity index (χ4n) is 2.22. The third-order valence-corrected chi connectivity index (χ3v) is 2.90. The van der Waals surface area contributed by atoms with Crippen molar-refractivity contribution in [3.05, 3.63) is 0 Å². The third kappa shape index (κ3) is 3.04. The van der Waals surface area contributed by atoms with Gasteiger partial charge in [0.2, 0.25) is 11.8 Å². The highest BCUT2D eigenvalue weighted by atomic mass is 16.3. The van der Waals surface area contributed by atoms with Crippen LogP contribution in [0.2, 0.25) is 0 Å². The molecule has 1 aliphatic heterocycles. The van der Waals surface area contributed by atoms with Crippen molar-refractivity contribution >= 4 is 11.8 Å². The van der Waals surface area contributed by atoms with Crippen LogP contribution in [0.3, 0.4) is 0 Å². The Morgan fingerprint density at radius 1 is 1.31 bits per heavy atom. The number of hydrogen-bond donors (Lipinski definition) is 1. The van der Waals surface area contributed by atoms with Crippen molar-refractivity contribution < 1.29 is 14.7 Å². The monoisotopic (exact) mass is 227 g/mol. The maximum atomic E-state index is 11.8. The zero-order valence-corrected chi connectivity index (χ0v) is 10.3. The van der Waals surface area contributed by atoms with Gasteiger partial charge in [0.15, 0.2) is 0 Å². The summed E-state index contributed by atoms with van der Waals surface area (Å²) in [7, 11) is 0. The predicted octanol–water partition coefficient (Wildman–Crippen LogP) is 1.18. The molecular formula is C12H21NO3. The van der Waals surface area contributed by atoms with E-state index in [0.717, 1.165) is 0 Å². The minimum atomic E-state index is -0.340. The lowest BCUT2D eigenvalue weighted by molar-refractivity contribution is -0.154. The number of carbonyl (C=O) groups excluding carboxylic acids is 2. The van der Waals surface area contributed by atoms with Crippen molar-refractivity contribution in [2.45, 2.75) is 46.1 Å². The summed E-state index contributed by atoms with van der Waals surface area (Å²) in [5.74, 6) is 0.221. The van der Waals surface area contributed by atoms with Crippen molar-refractivity contribution in [3.8, 4) is 0 Å². The van der Waals surface area contributed by atoms with Gasteiger partial charge in [-0.3, -0.25) is 14.5 Å². The first-order valence-corrected chi connectivity index (χ1v) is 5.91. The molecule has 1 aliphatic rings. The number of carbonyl (C=O) groups is 2. The van der Waals surface area contributed by atoms with Crippen LogP contribution in [-0.4, -0.2) is 34.5 Å². The first kappa shape index (κ1) is 13.2. The molecule has 0 bridgehead atoms. The van der Waals surface area contributed by atoms with Gasteiger partial charge in [-0.1, -0.05) is 20.8 Å². The van der Waals surface area contributed by atoms with E-state index in [-0.39, 0.29) is 30.4 Å². The Balaban J connectivity index is 2.75. The first-order chi connectivity index (χ1) is 7.45. The van der Waals surface area contributed by atoms with Crippen LogP contribution >= 0.6 is 0 Å². The van der Waals surface area contributed by atoms with Crippen LogP contribution in [-0.2, 0) is 9.59 Å². The number of hydrogen-bond acceptors (Lipinski definition) is 3. The Morgan fingerprint density at radius 3 is 2.19 bits per heavy atom. The minimum Gasteiger partial charge on any atom is -0.394 e. The van der Waals surface area contributed by atoms with E-state index in [0.29, 0.717) is 25.2 Å². The smallest absolute Gasteiger partial charge is 0.229 e. The Kier molecular flexibility index (Phi) is 4.47. The van der Waals surface area contributed by atoms with Gasteiger partial charge < -0.3 is 5.11 Å². The molecule has 4 heteroatoms. The zero-order valence-electron chi connectivity index (χ0n) is 10.3. The van der Waals surface area contributed by atoms with E-state index in [4.69, 9.17) is 0 Å². The second kappa shape index (κ2) is 5.43. The van der Waals surface area contributed by atoms with Crippen LogP contribution in [0.15, 0.2) is 0 Å². The molecule has 0 aromatic carbocycles. The lowest BCUT2D eigenvalue weighted by Crippen LogP contribution is -2.50. The summed E-state index contributed by atoms with van der Waals surface area (Å²) in [6.45, 7) is 5.81. The van der Waals surface area contributed by atoms with Crippen molar-refractivity contribution in [1.82, 2.24) is 4.90 Å². The molecule has 0 radical (unpaired) electrons. The molecule has 1 unspecified atom stereocenters. The van der Waals surface area contributed by atoms with Crippen LogP contribution in [0.4, 0.5) is 0 Å². The predicted molar refractivity (Wildman–Crippen MR) is 60.6 cm³/mol. The van der Waals surface area contributed by atoms with E-state index in [1.54, 1.807) is 0 Å². The van der Waals surface area contributed by atoms with E-state index >= 15 is 0 Å². The zero-order chi connectivity index (χ0) is 12.3. The molecule has 16 heavy (non-hydrogen) atoms. The molecule has 4 nitrogen and oxygen atoms in total. The maximum Gasteiger partial charge on any atom is 0.229 e. The molecule has 0 spiro atoms. The van der Waals surface area contributed by atoms with Crippen LogP contribution in [0.25, 0.3) is 0 Å². The quantitative estimate of drug-likeness (QED) is 0.734. The maximum absolute atomic E-state index is 11.8. The van der Waals surface area contributed by atoms with Crippen molar-refractivity contribution in [2.75, 3.05) is 6.61 Å². The summed E-state index contributed by atoms with van der Waals surface area (Å²) < 4.78 is 0.